The van der Waals surface area contributed by atoms with Crippen molar-refractivity contribution >= 4 is 40.2 Å². The molecule has 9 heteroatoms. The molecule has 0 aliphatic heterocycles. The van der Waals surface area contributed by atoms with E-state index in [2.05, 4.69) is 20.8 Å². The van der Waals surface area contributed by atoms with Gasteiger partial charge in [0.05, 0.1) is 0 Å². The van der Waals surface area contributed by atoms with Gasteiger partial charge in [-0.1, -0.05) is 18.3 Å². The minimum atomic E-state index is -1.05. The summed E-state index contributed by atoms with van der Waals surface area (Å²) in [4.78, 5) is 22.6. The molecule has 1 aromatic heterocycles. The van der Waals surface area contributed by atoms with E-state index in [4.69, 9.17) is 5.11 Å². The molecule has 3 N–H and O–H groups in total. The van der Waals surface area contributed by atoms with Gasteiger partial charge in [0.1, 0.15) is 11.0 Å². The zero-order valence-corrected chi connectivity index (χ0v) is 12.3. The molecule has 0 fully saturated rings. The predicted molar refractivity (Wildman–Crippen MR) is 75.9 cm³/mol. The van der Waals surface area contributed by atoms with Crippen LogP contribution >= 0.6 is 23.1 Å². The maximum atomic E-state index is 11.6. The number of aliphatic carboxylic acids is 1. The van der Waals surface area contributed by atoms with Gasteiger partial charge in [-0.25, -0.2) is 9.59 Å². The van der Waals surface area contributed by atoms with E-state index in [1.807, 2.05) is 13.2 Å². The van der Waals surface area contributed by atoms with Gasteiger partial charge in [0.25, 0.3) is 0 Å². The Morgan fingerprint density at radius 2 is 2.21 bits per heavy atom. The van der Waals surface area contributed by atoms with Gasteiger partial charge in [-0.3, -0.25) is 5.32 Å². The molecule has 0 spiro atoms. The van der Waals surface area contributed by atoms with Crippen molar-refractivity contribution in [1.82, 2.24) is 15.5 Å². The third-order valence-electron chi connectivity index (χ3n) is 2.20. The molecule has 1 atom stereocenters. The number of rotatable bonds is 7. The van der Waals surface area contributed by atoms with Crippen molar-refractivity contribution in [1.29, 1.82) is 0 Å². The summed E-state index contributed by atoms with van der Waals surface area (Å²) < 4.78 is 0. The highest BCUT2D eigenvalue weighted by Gasteiger charge is 2.19. The zero-order chi connectivity index (χ0) is 14.3. The van der Waals surface area contributed by atoms with E-state index in [9.17, 15) is 9.59 Å². The molecule has 0 aromatic carbocycles. The number of hydrogen-bond acceptors (Lipinski definition) is 6. The lowest BCUT2D eigenvalue weighted by molar-refractivity contribution is -0.139. The van der Waals surface area contributed by atoms with Gasteiger partial charge in [-0.05, 0) is 24.9 Å². The Balaban J connectivity index is 2.49. The summed E-state index contributed by atoms with van der Waals surface area (Å²) in [7, 11) is 0. The van der Waals surface area contributed by atoms with Crippen molar-refractivity contribution in [2.45, 2.75) is 25.8 Å². The van der Waals surface area contributed by atoms with E-state index in [-0.39, 0.29) is 0 Å². The molecule has 106 valence electrons. The second kappa shape index (κ2) is 7.95. The maximum Gasteiger partial charge on any atom is 0.326 e. The van der Waals surface area contributed by atoms with Crippen LogP contribution in [0.25, 0.3) is 0 Å². The third-order valence-corrected chi connectivity index (χ3v) is 3.83. The van der Waals surface area contributed by atoms with Crippen molar-refractivity contribution in [3.63, 3.8) is 0 Å². The first kappa shape index (κ1) is 15.7. The topological polar surface area (TPSA) is 104 Å². The molecule has 0 aliphatic rings. The lowest BCUT2D eigenvalue weighted by Crippen LogP contribution is -2.43. The Morgan fingerprint density at radius 3 is 2.74 bits per heavy atom. The molecule has 0 bridgehead atoms. The van der Waals surface area contributed by atoms with Crippen LogP contribution in [0.1, 0.15) is 18.4 Å². The van der Waals surface area contributed by atoms with Gasteiger partial charge in [0.2, 0.25) is 5.13 Å². The average Bonchev–Trinajstić information content (AvgIpc) is 2.81. The van der Waals surface area contributed by atoms with Gasteiger partial charge >= 0.3 is 12.0 Å². The van der Waals surface area contributed by atoms with Crippen LogP contribution in [0.15, 0.2) is 0 Å². The van der Waals surface area contributed by atoms with Crippen LogP contribution in [-0.2, 0) is 11.2 Å². The molecule has 1 heterocycles. The number of amides is 2. The molecule has 0 aliphatic carbocycles. The van der Waals surface area contributed by atoms with Crippen LogP contribution in [0.4, 0.5) is 9.93 Å². The van der Waals surface area contributed by atoms with Gasteiger partial charge in [-0.2, -0.15) is 11.8 Å². The normalized spacial score (nSPS) is 11.9. The highest BCUT2D eigenvalue weighted by Crippen LogP contribution is 2.15. The van der Waals surface area contributed by atoms with Crippen LogP contribution in [0.2, 0.25) is 0 Å². The van der Waals surface area contributed by atoms with Crippen LogP contribution < -0.4 is 10.6 Å². The first-order valence-electron chi connectivity index (χ1n) is 5.68. The van der Waals surface area contributed by atoms with E-state index in [0.29, 0.717) is 17.3 Å². The fourth-order valence-electron chi connectivity index (χ4n) is 1.23. The fraction of sp³-hybridized carbons (Fsp3) is 0.600. The fourth-order valence-corrected chi connectivity index (χ4v) is 2.38. The number of carbonyl (C=O) groups is 2. The number of carbonyl (C=O) groups excluding carboxylic acids is 1. The van der Waals surface area contributed by atoms with Crippen molar-refractivity contribution < 1.29 is 14.7 Å². The minimum Gasteiger partial charge on any atom is -0.480 e. The summed E-state index contributed by atoms with van der Waals surface area (Å²) in [5.41, 5.74) is 0. The monoisotopic (exact) mass is 304 g/mol. The second-order valence-electron chi connectivity index (χ2n) is 3.63. The van der Waals surface area contributed by atoms with Crippen molar-refractivity contribution in [2.24, 2.45) is 0 Å². The first-order valence-corrected chi connectivity index (χ1v) is 7.89. The lowest BCUT2D eigenvalue weighted by Gasteiger charge is -2.13. The summed E-state index contributed by atoms with van der Waals surface area (Å²) in [6.45, 7) is 1.94. The number of carboxylic acid groups (broad SMARTS) is 1. The van der Waals surface area contributed by atoms with Gasteiger partial charge in [-0.15, -0.1) is 10.2 Å². The number of hydrogen-bond donors (Lipinski definition) is 3. The smallest absolute Gasteiger partial charge is 0.326 e. The highest BCUT2D eigenvalue weighted by molar-refractivity contribution is 7.98. The van der Waals surface area contributed by atoms with E-state index >= 15 is 0 Å². The number of thioether (sulfide) groups is 1. The summed E-state index contributed by atoms with van der Waals surface area (Å²) in [5, 5.41) is 22.7. The van der Waals surface area contributed by atoms with E-state index in [0.717, 1.165) is 11.4 Å². The van der Waals surface area contributed by atoms with Gasteiger partial charge < -0.3 is 10.4 Å². The van der Waals surface area contributed by atoms with E-state index in [1.165, 1.54) is 23.1 Å². The molecule has 1 rings (SSSR count). The number of nitrogens with zero attached hydrogens (tertiary/aromatic N) is 2. The molecule has 0 radical (unpaired) electrons. The van der Waals surface area contributed by atoms with Crippen molar-refractivity contribution in [3.05, 3.63) is 5.01 Å². The van der Waals surface area contributed by atoms with Crippen LogP contribution in [-0.4, -0.2) is 45.4 Å². The van der Waals surface area contributed by atoms with Crippen molar-refractivity contribution in [3.8, 4) is 0 Å². The Bertz CT molecular complexity index is 438. The van der Waals surface area contributed by atoms with Gasteiger partial charge in [0, 0.05) is 0 Å². The van der Waals surface area contributed by atoms with Gasteiger partial charge in [0.15, 0.2) is 0 Å². The summed E-state index contributed by atoms with van der Waals surface area (Å²) >= 11 is 2.80. The minimum absolute atomic E-state index is 0.364. The standard InChI is InChI=1S/C10H16N4O3S2/c1-3-7-13-14-10(19-7)12-9(17)11-6(8(15)16)4-5-18-2/h6H,3-5H2,1-2H3,(H,15,16)(H2,11,12,14,17)/t6-/m0/s1. The Morgan fingerprint density at radius 1 is 1.47 bits per heavy atom. The molecule has 1 aromatic rings. The van der Waals surface area contributed by atoms with Crippen molar-refractivity contribution in [2.75, 3.05) is 17.3 Å². The highest BCUT2D eigenvalue weighted by atomic mass is 32.2. The maximum absolute atomic E-state index is 11.6. The number of carboxylic acids is 1. The molecule has 19 heavy (non-hydrogen) atoms. The van der Waals surface area contributed by atoms with Crippen LogP contribution in [0.3, 0.4) is 0 Å². The number of nitrogens with one attached hydrogen (secondary N) is 2. The molecule has 7 nitrogen and oxygen atoms in total. The largest absolute Gasteiger partial charge is 0.480 e. The molecular formula is C10H16N4O3S2. The molecule has 2 amide bonds. The second-order valence-corrected chi connectivity index (χ2v) is 5.67. The van der Waals surface area contributed by atoms with E-state index in [1.54, 1.807) is 0 Å². The Hall–Kier alpha value is -1.35. The summed E-state index contributed by atoms with van der Waals surface area (Å²) in [6, 6.07) is -1.47. The summed E-state index contributed by atoms with van der Waals surface area (Å²) in [6.07, 6.45) is 3.00. The molecule has 0 saturated carbocycles. The quantitative estimate of drug-likeness (QED) is 0.704. The SMILES string of the molecule is CCc1nnc(NC(=O)N[C@@H](CCSC)C(=O)O)s1. The third kappa shape index (κ3) is 5.43. The number of aromatic nitrogens is 2. The van der Waals surface area contributed by atoms with Crippen LogP contribution in [0.5, 0.6) is 0 Å². The first-order chi connectivity index (χ1) is 9.06. The van der Waals surface area contributed by atoms with E-state index < -0.39 is 18.0 Å². The molecular weight excluding hydrogens is 288 g/mol. The van der Waals surface area contributed by atoms with Crippen LogP contribution in [0, 0.1) is 0 Å². The number of aryl methyl sites for hydroxylation is 1. The average molecular weight is 304 g/mol. The number of urea groups is 1. The Kier molecular flexibility index (Phi) is 6.57. The molecule has 0 unspecified atom stereocenters. The number of anilines is 1. The lowest BCUT2D eigenvalue weighted by atomic mass is 10.2. The zero-order valence-electron chi connectivity index (χ0n) is 10.7. The summed E-state index contributed by atoms with van der Waals surface area (Å²) in [5.74, 6) is -0.383. The molecule has 0 saturated heterocycles. The predicted octanol–water partition coefficient (Wildman–Crippen LogP) is 1.43. The Labute approximate surface area is 119 Å².